The average Bonchev–Trinajstić information content (AvgIpc) is 3.54. The molecule has 0 spiro atoms. The first-order chi connectivity index (χ1) is 28.0. The molecule has 0 radical (unpaired) electrons. The lowest BCUT2D eigenvalue weighted by Crippen LogP contribution is -2.41. The number of benzene rings is 2. The Labute approximate surface area is 348 Å². The topological polar surface area (TPSA) is 110 Å². The summed E-state index contributed by atoms with van der Waals surface area (Å²) < 4.78 is 18.7. The van der Waals surface area contributed by atoms with Gasteiger partial charge in [0.2, 0.25) is 11.6 Å². The Balaban J connectivity index is 1.14. The number of allylic oxidation sites excluding steroid dienone is 8. The van der Waals surface area contributed by atoms with Gasteiger partial charge in [-0.25, -0.2) is 0 Å². The number of hydrogen-bond acceptors (Lipinski definition) is 8. The number of unbranched alkanes of at least 4 members (excludes halogenated alkanes) is 3. The van der Waals surface area contributed by atoms with Crippen LogP contribution in [0.4, 0.5) is 11.4 Å². The molecule has 0 aliphatic carbocycles. The number of anilines is 1. The minimum absolute atomic E-state index is 0.0378. The van der Waals surface area contributed by atoms with E-state index in [9.17, 15) is 9.90 Å². The lowest BCUT2D eigenvalue weighted by Gasteiger charge is -2.27. The quantitative estimate of drug-likeness (QED) is 0.0432. The lowest BCUT2D eigenvalue weighted by atomic mass is 9.81. The van der Waals surface area contributed by atoms with Crippen molar-refractivity contribution in [3.8, 4) is 6.07 Å². The number of carbonyl (C=O) groups excluding carboxylic acids is 1. The van der Waals surface area contributed by atoms with Crippen molar-refractivity contribution in [2.75, 3.05) is 78.3 Å². The van der Waals surface area contributed by atoms with Crippen LogP contribution in [-0.2, 0) is 29.8 Å². The predicted octanol–water partition coefficient (Wildman–Crippen LogP) is 7.71. The highest BCUT2D eigenvalue weighted by Gasteiger charge is 2.42. The first kappa shape index (κ1) is 46.3. The zero-order chi connectivity index (χ0) is 41.8. The molecular weight excluding hydrogens is 727 g/mol. The molecule has 4 rings (SSSR count). The molecule has 2 aliphatic heterocycles. The molecule has 0 bridgehead atoms. The van der Waals surface area contributed by atoms with Crippen LogP contribution in [0.3, 0.4) is 0 Å². The summed E-state index contributed by atoms with van der Waals surface area (Å²) in [7, 11) is 3.93. The molecule has 314 valence electrons. The number of amides is 1. The molecule has 2 aromatic carbocycles. The monoisotopic (exact) mass is 795 g/mol. The third kappa shape index (κ3) is 13.3. The van der Waals surface area contributed by atoms with Crippen LogP contribution in [0.25, 0.3) is 0 Å². The van der Waals surface area contributed by atoms with Crippen molar-refractivity contribution in [2.24, 2.45) is 0 Å². The molecule has 0 aromatic heterocycles. The molecule has 0 fully saturated rings. The van der Waals surface area contributed by atoms with E-state index in [1.54, 1.807) is 11.9 Å². The number of fused-ring (bicyclic) bond motifs is 2. The van der Waals surface area contributed by atoms with E-state index < -0.39 is 6.23 Å². The van der Waals surface area contributed by atoms with Crippen LogP contribution in [-0.4, -0.2) is 106 Å². The highest BCUT2D eigenvalue weighted by Crippen LogP contribution is 2.47. The van der Waals surface area contributed by atoms with Crippen molar-refractivity contribution >= 4 is 23.0 Å². The minimum atomic E-state index is -0.674. The van der Waals surface area contributed by atoms with Crippen molar-refractivity contribution in [3.05, 3.63) is 108 Å². The van der Waals surface area contributed by atoms with E-state index in [1.807, 2.05) is 0 Å². The number of nitrogens with one attached hydrogen (secondary N) is 1. The normalized spacial score (nSPS) is 16.9. The number of nitrogens with zero attached hydrogens (tertiary/aromatic N) is 4. The van der Waals surface area contributed by atoms with Gasteiger partial charge in [0.1, 0.15) is 13.3 Å². The van der Waals surface area contributed by atoms with Gasteiger partial charge in [0.25, 0.3) is 0 Å². The molecule has 0 saturated carbocycles. The summed E-state index contributed by atoms with van der Waals surface area (Å²) in [5, 5.41) is 22.2. The highest BCUT2D eigenvalue weighted by atomic mass is 16.5. The third-order valence-corrected chi connectivity index (χ3v) is 11.0. The molecule has 2 N–H and O–H groups in total. The zero-order valence-corrected chi connectivity index (χ0v) is 35.9. The second-order valence-corrected chi connectivity index (χ2v) is 16.1. The highest BCUT2D eigenvalue weighted by molar-refractivity contribution is 6.03. The Morgan fingerprint density at radius 3 is 2.21 bits per heavy atom. The van der Waals surface area contributed by atoms with Crippen molar-refractivity contribution in [1.29, 1.82) is 5.26 Å². The van der Waals surface area contributed by atoms with Gasteiger partial charge >= 0.3 is 0 Å². The number of aliphatic hydroxyl groups is 1. The molecule has 2 heterocycles. The van der Waals surface area contributed by atoms with Gasteiger partial charge in [0, 0.05) is 67.2 Å². The van der Waals surface area contributed by atoms with Crippen molar-refractivity contribution in [2.45, 2.75) is 89.7 Å². The fourth-order valence-electron chi connectivity index (χ4n) is 7.75. The number of nitriles is 1. The Morgan fingerprint density at radius 1 is 0.845 bits per heavy atom. The van der Waals surface area contributed by atoms with Crippen molar-refractivity contribution < 1.29 is 28.7 Å². The maximum absolute atomic E-state index is 12.5. The van der Waals surface area contributed by atoms with Crippen LogP contribution in [0, 0.1) is 11.3 Å². The zero-order valence-electron chi connectivity index (χ0n) is 35.9. The maximum atomic E-state index is 12.5. The summed E-state index contributed by atoms with van der Waals surface area (Å²) >= 11 is 0. The number of hydrogen-bond donors (Lipinski definition) is 2. The van der Waals surface area contributed by atoms with Gasteiger partial charge in [0.15, 0.2) is 5.71 Å². The smallest absolute Gasteiger partial charge is 0.234 e. The molecular formula is C48H68N5O5+. The predicted molar refractivity (Wildman–Crippen MR) is 235 cm³/mol. The first-order valence-corrected chi connectivity index (χ1v) is 21.0. The molecule has 0 saturated heterocycles. The Kier molecular flexibility index (Phi) is 19.1. The van der Waals surface area contributed by atoms with Gasteiger partial charge in [-0.3, -0.25) is 9.69 Å². The van der Waals surface area contributed by atoms with Gasteiger partial charge in [0.05, 0.1) is 44.5 Å². The summed E-state index contributed by atoms with van der Waals surface area (Å²) in [6.45, 7) is 13.8. The van der Waals surface area contributed by atoms with Crippen LogP contribution in [0.15, 0.2) is 96.8 Å². The van der Waals surface area contributed by atoms with Gasteiger partial charge in [-0.05, 0) is 70.7 Å². The van der Waals surface area contributed by atoms with Gasteiger partial charge in [-0.15, -0.1) is 0 Å². The van der Waals surface area contributed by atoms with Crippen LogP contribution in [0.2, 0.25) is 0 Å². The number of rotatable bonds is 26. The third-order valence-electron chi connectivity index (χ3n) is 11.0. The van der Waals surface area contributed by atoms with E-state index in [2.05, 4.69) is 147 Å². The number of carbonyl (C=O) groups is 1. The minimum Gasteiger partial charge on any atom is -0.379 e. The van der Waals surface area contributed by atoms with Gasteiger partial charge in [-0.1, -0.05) is 87.0 Å². The largest absolute Gasteiger partial charge is 0.379 e. The summed E-state index contributed by atoms with van der Waals surface area (Å²) in [4.78, 5) is 16.6. The van der Waals surface area contributed by atoms with Crippen molar-refractivity contribution in [3.63, 3.8) is 0 Å². The molecule has 10 nitrogen and oxygen atoms in total. The molecule has 2 aliphatic rings. The Morgan fingerprint density at radius 2 is 1.48 bits per heavy atom. The van der Waals surface area contributed by atoms with Crippen LogP contribution in [0.5, 0.6) is 0 Å². The van der Waals surface area contributed by atoms with E-state index in [1.165, 1.54) is 33.9 Å². The van der Waals surface area contributed by atoms with Gasteiger partial charge in [-0.2, -0.15) is 9.84 Å². The average molecular weight is 795 g/mol. The molecule has 58 heavy (non-hydrogen) atoms. The van der Waals surface area contributed by atoms with E-state index in [4.69, 9.17) is 19.5 Å². The molecule has 2 aromatic rings. The molecule has 1 atom stereocenters. The van der Waals surface area contributed by atoms with E-state index in [-0.39, 0.29) is 23.3 Å². The van der Waals surface area contributed by atoms with Crippen molar-refractivity contribution in [1.82, 2.24) is 10.2 Å². The van der Waals surface area contributed by atoms with Crippen LogP contribution >= 0.6 is 0 Å². The number of likely N-dealkylation sites (N-methyl/N-ethyl adjacent to an activating group) is 1. The maximum Gasteiger partial charge on any atom is 0.234 e. The molecule has 1 unspecified atom stereocenters. The van der Waals surface area contributed by atoms with E-state index in [0.29, 0.717) is 65.4 Å². The van der Waals surface area contributed by atoms with Crippen LogP contribution < -0.4 is 10.2 Å². The SMILES string of the molecule is CN(CC(=O)NCCCOCCOCCOCCCC#N)C(O)CCCCCN1\C(=C/C=C/C=C/C=C/C2=[N+](C)c3ccccc3C2(C)C)C(C)(C)c2ccccc21. The van der Waals surface area contributed by atoms with Gasteiger partial charge < -0.3 is 29.5 Å². The fourth-order valence-corrected chi connectivity index (χ4v) is 7.75. The summed E-state index contributed by atoms with van der Waals surface area (Å²) in [6.07, 6.45) is 19.8. The summed E-state index contributed by atoms with van der Waals surface area (Å²) in [6, 6.07) is 19.4. The number of para-hydroxylation sites is 2. The van der Waals surface area contributed by atoms with E-state index >= 15 is 0 Å². The standard InChI is InChI=1S/C48H67N5O5/c1-47(2)39-22-14-16-24-41(39)52(6)43(47)26-11-8-7-9-12-27-44-48(3,4)40-23-15-17-25-42(40)53(44)31-19-10-13-28-46(55)51(5)38-45(54)50-30-21-33-57-35-37-58-36-34-56-32-20-18-29-49/h7-9,11-12,14-17,22-27,46,55H,10,13,18-21,28,30-38H2,1-6H3/p+1. The number of aliphatic hydroxyl groups excluding tert-OH is 1. The Bertz CT molecular complexity index is 1800. The summed E-state index contributed by atoms with van der Waals surface area (Å²) in [5.41, 5.74) is 7.64. The molecule has 10 heteroatoms. The lowest BCUT2D eigenvalue weighted by molar-refractivity contribution is -0.401. The number of ether oxygens (including phenoxy) is 3. The van der Waals surface area contributed by atoms with E-state index in [0.717, 1.165) is 32.2 Å². The van der Waals surface area contributed by atoms with Crippen LogP contribution in [0.1, 0.15) is 83.8 Å². The fraction of sp³-hybridized carbons (Fsp3) is 0.521. The summed E-state index contributed by atoms with van der Waals surface area (Å²) in [5.74, 6) is -0.110. The Hall–Kier alpha value is -4.37. The second-order valence-electron chi connectivity index (χ2n) is 16.1. The first-order valence-electron chi connectivity index (χ1n) is 21.0. The second kappa shape index (κ2) is 23.9. The molecule has 1 amide bonds.